The number of amides is 1. The molecule has 11 heavy (non-hydrogen) atoms. The van der Waals surface area contributed by atoms with Crippen molar-refractivity contribution in [3.05, 3.63) is 0 Å². The van der Waals surface area contributed by atoms with Gasteiger partial charge in [-0.25, -0.2) is 0 Å². The molecule has 3 nitrogen and oxygen atoms in total. The second kappa shape index (κ2) is 3.72. The van der Waals surface area contributed by atoms with E-state index in [0.29, 0.717) is 0 Å². The van der Waals surface area contributed by atoms with E-state index in [1.807, 2.05) is 27.7 Å². The number of aliphatic hydroxyl groups is 1. The van der Waals surface area contributed by atoms with Crippen LogP contribution in [0.3, 0.4) is 0 Å². The Bertz CT molecular complexity index is 138. The third-order valence-electron chi connectivity index (χ3n) is 1.82. The zero-order valence-electron chi connectivity index (χ0n) is 7.64. The number of carbonyl (C=O) groups excluding carboxylic acids is 1. The van der Waals surface area contributed by atoms with Gasteiger partial charge in [0.25, 0.3) is 0 Å². The first kappa shape index (κ1) is 10.4. The molecule has 0 aromatic rings. The Morgan fingerprint density at radius 2 is 2.00 bits per heavy atom. The van der Waals surface area contributed by atoms with E-state index in [4.69, 9.17) is 5.11 Å². The number of nitrogens with one attached hydrogen (secondary N) is 1. The summed E-state index contributed by atoms with van der Waals surface area (Å²) in [7, 11) is 0. The molecule has 1 amide bonds. The topological polar surface area (TPSA) is 49.3 Å². The number of aliphatic hydroxyl groups excluding tert-OH is 1. The van der Waals surface area contributed by atoms with Crippen LogP contribution in [0.4, 0.5) is 0 Å². The normalized spacial score (nSPS) is 14.3. The van der Waals surface area contributed by atoms with Gasteiger partial charge in [-0.3, -0.25) is 4.79 Å². The molecule has 0 aromatic heterocycles. The molecule has 0 saturated heterocycles. The summed E-state index contributed by atoms with van der Waals surface area (Å²) < 4.78 is 0. The molecule has 0 radical (unpaired) electrons. The Labute approximate surface area is 67.8 Å². The molecule has 0 heterocycles. The van der Waals surface area contributed by atoms with Gasteiger partial charge in [0.1, 0.15) is 6.61 Å². The largest absolute Gasteiger partial charge is 0.387 e. The molecule has 0 rings (SSSR count). The number of hydrogen-bond acceptors (Lipinski definition) is 2. The van der Waals surface area contributed by atoms with Crippen molar-refractivity contribution < 1.29 is 9.90 Å². The Balaban J connectivity index is 3.87. The first-order chi connectivity index (χ1) is 4.88. The summed E-state index contributed by atoms with van der Waals surface area (Å²) in [5.41, 5.74) is 0.0465. The number of carbonyl (C=O) groups is 1. The van der Waals surface area contributed by atoms with E-state index in [9.17, 15) is 4.79 Å². The lowest BCUT2D eigenvalue weighted by Crippen LogP contribution is -2.42. The SMILES string of the molecule is C[C@H](NC(=O)CO)C(C)(C)C. The lowest BCUT2D eigenvalue weighted by Gasteiger charge is -2.27. The van der Waals surface area contributed by atoms with Crippen molar-refractivity contribution >= 4 is 5.91 Å². The van der Waals surface area contributed by atoms with E-state index in [-0.39, 0.29) is 17.4 Å². The van der Waals surface area contributed by atoms with E-state index in [1.165, 1.54) is 0 Å². The minimum atomic E-state index is -0.430. The minimum absolute atomic E-state index is 0.0465. The lowest BCUT2D eigenvalue weighted by atomic mass is 9.88. The summed E-state index contributed by atoms with van der Waals surface area (Å²) >= 11 is 0. The van der Waals surface area contributed by atoms with Crippen LogP contribution in [0.25, 0.3) is 0 Å². The molecular weight excluding hydrogens is 142 g/mol. The molecular formula is C8H17NO2. The van der Waals surface area contributed by atoms with Gasteiger partial charge in [-0.15, -0.1) is 0 Å². The molecule has 0 fully saturated rings. The van der Waals surface area contributed by atoms with Gasteiger partial charge in [0.15, 0.2) is 0 Å². The second-order valence-corrected chi connectivity index (χ2v) is 3.81. The highest BCUT2D eigenvalue weighted by Crippen LogP contribution is 2.17. The molecule has 0 aromatic carbocycles. The quantitative estimate of drug-likeness (QED) is 0.617. The van der Waals surface area contributed by atoms with Crippen molar-refractivity contribution in [1.29, 1.82) is 0 Å². The molecule has 1 atom stereocenters. The van der Waals surface area contributed by atoms with Crippen LogP contribution >= 0.6 is 0 Å². The Kier molecular flexibility index (Phi) is 3.52. The van der Waals surface area contributed by atoms with Crippen LogP contribution in [0.1, 0.15) is 27.7 Å². The summed E-state index contributed by atoms with van der Waals surface area (Å²) in [5.74, 6) is -0.313. The van der Waals surface area contributed by atoms with Crippen molar-refractivity contribution in [2.75, 3.05) is 6.61 Å². The first-order valence-electron chi connectivity index (χ1n) is 3.78. The van der Waals surface area contributed by atoms with Gasteiger partial charge in [0, 0.05) is 6.04 Å². The van der Waals surface area contributed by atoms with Crippen LogP contribution in [0, 0.1) is 5.41 Å². The highest BCUT2D eigenvalue weighted by atomic mass is 16.3. The average Bonchev–Trinajstić information content (AvgIpc) is 1.85. The van der Waals surface area contributed by atoms with Crippen molar-refractivity contribution in [2.45, 2.75) is 33.7 Å². The Morgan fingerprint density at radius 3 is 2.27 bits per heavy atom. The number of rotatable bonds is 2. The zero-order chi connectivity index (χ0) is 9.07. The fraction of sp³-hybridized carbons (Fsp3) is 0.875. The van der Waals surface area contributed by atoms with Gasteiger partial charge in [-0.2, -0.15) is 0 Å². The maximum Gasteiger partial charge on any atom is 0.245 e. The summed E-state index contributed by atoms with van der Waals surface area (Å²) in [6.45, 7) is 7.61. The predicted octanol–water partition coefficient (Wildman–Crippen LogP) is 0.529. The molecule has 0 aliphatic rings. The molecule has 2 N–H and O–H groups in total. The van der Waals surface area contributed by atoms with Gasteiger partial charge in [0.05, 0.1) is 0 Å². The monoisotopic (exact) mass is 159 g/mol. The Hall–Kier alpha value is -0.570. The molecule has 3 heteroatoms. The van der Waals surface area contributed by atoms with E-state index in [0.717, 1.165) is 0 Å². The molecule has 0 spiro atoms. The van der Waals surface area contributed by atoms with E-state index >= 15 is 0 Å². The van der Waals surface area contributed by atoms with Crippen molar-refractivity contribution in [3.63, 3.8) is 0 Å². The maximum atomic E-state index is 10.7. The van der Waals surface area contributed by atoms with Crippen LogP contribution < -0.4 is 5.32 Å². The minimum Gasteiger partial charge on any atom is -0.387 e. The van der Waals surface area contributed by atoms with Crippen molar-refractivity contribution in [2.24, 2.45) is 5.41 Å². The van der Waals surface area contributed by atoms with Gasteiger partial charge in [-0.05, 0) is 12.3 Å². The standard InChI is InChI=1S/C8H17NO2/c1-6(8(2,3)4)9-7(11)5-10/h6,10H,5H2,1-4H3,(H,9,11)/t6-/m0/s1. The highest BCUT2D eigenvalue weighted by Gasteiger charge is 2.20. The number of hydrogen-bond donors (Lipinski definition) is 2. The maximum absolute atomic E-state index is 10.7. The fourth-order valence-electron chi connectivity index (χ4n) is 0.504. The van der Waals surface area contributed by atoms with Crippen LogP contribution in [0.5, 0.6) is 0 Å². The van der Waals surface area contributed by atoms with Crippen molar-refractivity contribution in [1.82, 2.24) is 5.32 Å². The van der Waals surface area contributed by atoms with Gasteiger partial charge < -0.3 is 10.4 Å². The van der Waals surface area contributed by atoms with E-state index in [1.54, 1.807) is 0 Å². The highest BCUT2D eigenvalue weighted by molar-refractivity contribution is 5.77. The molecule has 0 unspecified atom stereocenters. The molecule has 0 bridgehead atoms. The van der Waals surface area contributed by atoms with Crippen LogP contribution in [-0.4, -0.2) is 23.7 Å². The van der Waals surface area contributed by atoms with Crippen LogP contribution in [-0.2, 0) is 4.79 Å². The first-order valence-corrected chi connectivity index (χ1v) is 3.78. The van der Waals surface area contributed by atoms with E-state index in [2.05, 4.69) is 5.32 Å². The van der Waals surface area contributed by atoms with Crippen molar-refractivity contribution in [3.8, 4) is 0 Å². The molecule has 66 valence electrons. The second-order valence-electron chi connectivity index (χ2n) is 3.81. The third kappa shape index (κ3) is 3.98. The summed E-state index contributed by atoms with van der Waals surface area (Å²) in [5, 5.41) is 11.1. The van der Waals surface area contributed by atoms with Gasteiger partial charge in [-0.1, -0.05) is 20.8 Å². The molecule has 0 saturated carbocycles. The van der Waals surface area contributed by atoms with Crippen LogP contribution in [0.15, 0.2) is 0 Å². The average molecular weight is 159 g/mol. The molecule has 0 aliphatic heterocycles. The van der Waals surface area contributed by atoms with Crippen LogP contribution in [0.2, 0.25) is 0 Å². The fourth-order valence-corrected chi connectivity index (χ4v) is 0.504. The van der Waals surface area contributed by atoms with E-state index < -0.39 is 6.61 Å². The lowest BCUT2D eigenvalue weighted by molar-refractivity contribution is -0.125. The Morgan fingerprint density at radius 1 is 1.55 bits per heavy atom. The smallest absolute Gasteiger partial charge is 0.245 e. The third-order valence-corrected chi connectivity index (χ3v) is 1.82. The van der Waals surface area contributed by atoms with Gasteiger partial charge in [0.2, 0.25) is 5.91 Å². The summed E-state index contributed by atoms with van der Waals surface area (Å²) in [6.07, 6.45) is 0. The summed E-state index contributed by atoms with van der Waals surface area (Å²) in [6, 6.07) is 0.0853. The van der Waals surface area contributed by atoms with Gasteiger partial charge >= 0.3 is 0 Å². The molecule has 0 aliphatic carbocycles. The predicted molar refractivity (Wildman–Crippen MR) is 44.1 cm³/mol. The summed E-state index contributed by atoms with van der Waals surface area (Å²) in [4.78, 5) is 10.7. The zero-order valence-corrected chi connectivity index (χ0v) is 7.64.